The first-order chi connectivity index (χ1) is 5.07. The van der Waals surface area contributed by atoms with E-state index < -0.39 is 0 Å². The van der Waals surface area contributed by atoms with E-state index in [1.807, 2.05) is 7.05 Å². The summed E-state index contributed by atoms with van der Waals surface area (Å²) in [6, 6.07) is 0.470. The Morgan fingerprint density at radius 1 is 1.55 bits per heavy atom. The first-order valence-corrected chi connectivity index (χ1v) is 4.05. The molecule has 0 aromatic rings. The smallest absolute Gasteiger partial charge is 0.0283 e. The van der Waals surface area contributed by atoms with E-state index in [1.54, 1.807) is 0 Å². The normalized spacial score (nSPS) is 13.5. The lowest BCUT2D eigenvalue weighted by Gasteiger charge is -2.18. The molecule has 0 aliphatic carbocycles. The molecule has 66 valence electrons. The zero-order valence-electron chi connectivity index (χ0n) is 8.15. The van der Waals surface area contributed by atoms with Gasteiger partial charge in [-0.3, -0.25) is 0 Å². The van der Waals surface area contributed by atoms with Gasteiger partial charge in [-0.2, -0.15) is 0 Å². The summed E-state index contributed by atoms with van der Waals surface area (Å²) < 4.78 is 0. The Bertz CT molecular complexity index is 119. The molecule has 0 amide bonds. The van der Waals surface area contributed by atoms with Gasteiger partial charge in [-0.15, -0.1) is 0 Å². The maximum Gasteiger partial charge on any atom is 0.0283 e. The standard InChI is InChI=1S/C9H20N2/c1-8(2)9(10-3)6-7-11(4)5/h9-10H,1,6-7H2,2-5H3. The number of nitrogens with zero attached hydrogens (tertiary/aromatic N) is 1. The van der Waals surface area contributed by atoms with E-state index in [0.717, 1.165) is 13.0 Å². The number of rotatable bonds is 5. The molecule has 0 saturated heterocycles. The summed E-state index contributed by atoms with van der Waals surface area (Å²) in [5, 5.41) is 3.23. The molecule has 0 aliphatic rings. The van der Waals surface area contributed by atoms with Crippen molar-refractivity contribution in [2.75, 3.05) is 27.7 Å². The fraction of sp³-hybridized carbons (Fsp3) is 0.778. The highest BCUT2D eigenvalue weighted by atomic mass is 15.1. The highest BCUT2D eigenvalue weighted by molar-refractivity contribution is 5.00. The van der Waals surface area contributed by atoms with E-state index in [9.17, 15) is 0 Å². The minimum atomic E-state index is 0.470. The van der Waals surface area contributed by atoms with Crippen molar-refractivity contribution in [2.24, 2.45) is 0 Å². The Hall–Kier alpha value is -0.340. The van der Waals surface area contributed by atoms with Gasteiger partial charge in [-0.25, -0.2) is 0 Å². The molecule has 0 rings (SSSR count). The molecule has 0 aliphatic heterocycles. The first kappa shape index (κ1) is 10.7. The van der Waals surface area contributed by atoms with Crippen molar-refractivity contribution in [2.45, 2.75) is 19.4 Å². The zero-order chi connectivity index (χ0) is 8.85. The summed E-state index contributed by atoms with van der Waals surface area (Å²) in [6.07, 6.45) is 1.14. The molecule has 1 atom stereocenters. The van der Waals surface area contributed by atoms with Gasteiger partial charge >= 0.3 is 0 Å². The maximum absolute atomic E-state index is 3.92. The highest BCUT2D eigenvalue weighted by Gasteiger charge is 2.05. The van der Waals surface area contributed by atoms with E-state index in [-0.39, 0.29) is 0 Å². The van der Waals surface area contributed by atoms with Crippen LogP contribution in [0.25, 0.3) is 0 Å². The Morgan fingerprint density at radius 2 is 2.09 bits per heavy atom. The van der Waals surface area contributed by atoms with Crippen LogP contribution in [0.4, 0.5) is 0 Å². The molecule has 2 heteroatoms. The van der Waals surface area contributed by atoms with E-state index >= 15 is 0 Å². The lowest BCUT2D eigenvalue weighted by atomic mass is 10.1. The van der Waals surface area contributed by atoms with Gasteiger partial charge in [0.05, 0.1) is 0 Å². The predicted molar refractivity (Wildman–Crippen MR) is 50.8 cm³/mol. The Labute approximate surface area is 70.3 Å². The van der Waals surface area contributed by atoms with Crippen molar-refractivity contribution in [3.8, 4) is 0 Å². The van der Waals surface area contributed by atoms with Gasteiger partial charge in [-0.05, 0) is 41.0 Å². The van der Waals surface area contributed by atoms with Crippen LogP contribution in [-0.4, -0.2) is 38.6 Å². The van der Waals surface area contributed by atoms with Gasteiger partial charge in [0.15, 0.2) is 0 Å². The monoisotopic (exact) mass is 156 g/mol. The third-order valence-corrected chi connectivity index (χ3v) is 1.81. The number of hydrogen-bond donors (Lipinski definition) is 1. The molecular weight excluding hydrogens is 136 g/mol. The fourth-order valence-electron chi connectivity index (χ4n) is 1.02. The summed E-state index contributed by atoms with van der Waals surface area (Å²) in [5.74, 6) is 0. The molecular formula is C9H20N2. The summed E-state index contributed by atoms with van der Waals surface area (Å²) in [4.78, 5) is 2.19. The van der Waals surface area contributed by atoms with Crippen LogP contribution < -0.4 is 5.32 Å². The fourth-order valence-corrected chi connectivity index (χ4v) is 1.02. The van der Waals surface area contributed by atoms with Crippen LogP contribution in [0, 0.1) is 0 Å². The largest absolute Gasteiger partial charge is 0.313 e. The van der Waals surface area contributed by atoms with Crippen molar-refractivity contribution < 1.29 is 0 Å². The quantitative estimate of drug-likeness (QED) is 0.600. The van der Waals surface area contributed by atoms with Crippen molar-refractivity contribution >= 4 is 0 Å². The predicted octanol–water partition coefficient (Wildman–Crippen LogP) is 1.10. The molecule has 1 N–H and O–H groups in total. The van der Waals surface area contributed by atoms with Crippen molar-refractivity contribution in [3.63, 3.8) is 0 Å². The number of hydrogen-bond acceptors (Lipinski definition) is 2. The molecule has 2 nitrogen and oxygen atoms in total. The topological polar surface area (TPSA) is 15.3 Å². The Morgan fingerprint density at radius 3 is 2.36 bits per heavy atom. The molecule has 0 fully saturated rings. The van der Waals surface area contributed by atoms with Gasteiger partial charge in [-0.1, -0.05) is 12.2 Å². The van der Waals surface area contributed by atoms with Crippen LogP contribution in [0.15, 0.2) is 12.2 Å². The molecule has 0 bridgehead atoms. The summed E-state index contributed by atoms with van der Waals surface area (Å²) in [6.45, 7) is 7.10. The molecule has 0 spiro atoms. The Kier molecular flexibility index (Phi) is 5.16. The van der Waals surface area contributed by atoms with E-state index in [0.29, 0.717) is 6.04 Å². The van der Waals surface area contributed by atoms with Gasteiger partial charge < -0.3 is 10.2 Å². The lowest BCUT2D eigenvalue weighted by molar-refractivity contribution is 0.378. The van der Waals surface area contributed by atoms with Gasteiger partial charge in [0.25, 0.3) is 0 Å². The molecule has 0 aromatic heterocycles. The van der Waals surface area contributed by atoms with Gasteiger partial charge in [0.2, 0.25) is 0 Å². The van der Waals surface area contributed by atoms with Crippen LogP contribution >= 0.6 is 0 Å². The molecule has 11 heavy (non-hydrogen) atoms. The SMILES string of the molecule is C=C(C)C(CCN(C)C)NC. The second-order valence-corrected chi connectivity index (χ2v) is 3.28. The van der Waals surface area contributed by atoms with Crippen molar-refractivity contribution in [3.05, 3.63) is 12.2 Å². The maximum atomic E-state index is 3.92. The van der Waals surface area contributed by atoms with Gasteiger partial charge in [0.1, 0.15) is 0 Å². The zero-order valence-corrected chi connectivity index (χ0v) is 8.15. The molecule has 0 saturated carbocycles. The van der Waals surface area contributed by atoms with E-state index in [2.05, 4.69) is 37.8 Å². The third kappa shape index (κ3) is 4.99. The average Bonchev–Trinajstić information content (AvgIpc) is 1.87. The summed E-state index contributed by atoms with van der Waals surface area (Å²) >= 11 is 0. The average molecular weight is 156 g/mol. The van der Waals surface area contributed by atoms with E-state index in [1.165, 1.54) is 5.57 Å². The van der Waals surface area contributed by atoms with Crippen LogP contribution in [0.2, 0.25) is 0 Å². The minimum absolute atomic E-state index is 0.470. The first-order valence-electron chi connectivity index (χ1n) is 4.05. The number of likely N-dealkylation sites (N-methyl/N-ethyl adjacent to an activating group) is 1. The van der Waals surface area contributed by atoms with Crippen LogP contribution in [0.1, 0.15) is 13.3 Å². The van der Waals surface area contributed by atoms with Crippen LogP contribution in [-0.2, 0) is 0 Å². The Balaban J connectivity index is 3.61. The van der Waals surface area contributed by atoms with Crippen LogP contribution in [0.5, 0.6) is 0 Å². The minimum Gasteiger partial charge on any atom is -0.313 e. The van der Waals surface area contributed by atoms with Crippen molar-refractivity contribution in [1.29, 1.82) is 0 Å². The number of nitrogens with one attached hydrogen (secondary N) is 1. The second kappa shape index (κ2) is 5.33. The van der Waals surface area contributed by atoms with Crippen LogP contribution in [0.3, 0.4) is 0 Å². The molecule has 0 radical (unpaired) electrons. The second-order valence-electron chi connectivity index (χ2n) is 3.28. The third-order valence-electron chi connectivity index (χ3n) is 1.81. The van der Waals surface area contributed by atoms with Gasteiger partial charge in [0, 0.05) is 6.04 Å². The highest BCUT2D eigenvalue weighted by Crippen LogP contribution is 2.02. The summed E-state index contributed by atoms with van der Waals surface area (Å²) in [5.41, 5.74) is 1.22. The lowest BCUT2D eigenvalue weighted by Crippen LogP contribution is -2.30. The summed E-state index contributed by atoms with van der Waals surface area (Å²) in [7, 11) is 6.16. The molecule has 0 heterocycles. The van der Waals surface area contributed by atoms with E-state index in [4.69, 9.17) is 0 Å². The molecule has 0 aromatic carbocycles. The van der Waals surface area contributed by atoms with Crippen molar-refractivity contribution in [1.82, 2.24) is 10.2 Å². The molecule has 1 unspecified atom stereocenters.